The number of ether oxygens (including phenoxy) is 1. The Morgan fingerprint density at radius 2 is 1.97 bits per heavy atom. The Hall–Kier alpha value is -3.48. The average molecular weight is 418 g/mol. The highest BCUT2D eigenvalue weighted by atomic mass is 16.5. The highest BCUT2D eigenvalue weighted by Crippen LogP contribution is 2.31. The van der Waals surface area contributed by atoms with E-state index in [0.717, 1.165) is 42.0 Å². The van der Waals surface area contributed by atoms with Gasteiger partial charge in [-0.3, -0.25) is 9.78 Å². The smallest absolute Gasteiger partial charge is 0.257 e. The molecule has 7 nitrogen and oxygen atoms in total. The molecule has 1 atom stereocenters. The molecule has 2 aromatic heterocycles. The molecule has 1 aliphatic rings. The molecule has 1 saturated heterocycles. The molecule has 1 amide bonds. The van der Waals surface area contributed by atoms with Crippen molar-refractivity contribution in [3.05, 3.63) is 71.3 Å². The second-order valence-electron chi connectivity index (χ2n) is 7.87. The summed E-state index contributed by atoms with van der Waals surface area (Å²) in [5.41, 5.74) is 4.37. The van der Waals surface area contributed by atoms with Crippen molar-refractivity contribution in [3.63, 3.8) is 0 Å². The number of pyridine rings is 1. The molecule has 3 heterocycles. The number of likely N-dealkylation sites (tertiary alicyclic amines) is 1. The first-order valence-corrected chi connectivity index (χ1v) is 10.5. The number of rotatable bonds is 5. The van der Waals surface area contributed by atoms with Gasteiger partial charge in [0.05, 0.1) is 12.7 Å². The van der Waals surface area contributed by atoms with Crippen LogP contribution in [0.1, 0.15) is 46.1 Å². The summed E-state index contributed by atoms with van der Waals surface area (Å²) in [5, 5.41) is 3.25. The van der Waals surface area contributed by atoms with Gasteiger partial charge in [0.15, 0.2) is 0 Å². The normalized spacial score (nSPS) is 16.1. The third-order valence-corrected chi connectivity index (χ3v) is 5.57. The molecule has 0 spiro atoms. The van der Waals surface area contributed by atoms with Crippen molar-refractivity contribution in [1.82, 2.24) is 19.9 Å². The van der Waals surface area contributed by atoms with Gasteiger partial charge in [-0.25, -0.2) is 9.97 Å². The number of hydrogen-bond donors (Lipinski definition) is 1. The summed E-state index contributed by atoms with van der Waals surface area (Å²) in [7, 11) is 1.61. The second-order valence-corrected chi connectivity index (χ2v) is 7.87. The number of carbonyl (C=O) groups is 1. The first kappa shape index (κ1) is 20.8. The molecule has 0 aliphatic carbocycles. The van der Waals surface area contributed by atoms with E-state index in [4.69, 9.17) is 9.72 Å². The Morgan fingerprint density at radius 1 is 1.16 bits per heavy atom. The van der Waals surface area contributed by atoms with Crippen molar-refractivity contribution in [2.75, 3.05) is 25.5 Å². The van der Waals surface area contributed by atoms with E-state index in [1.165, 1.54) is 0 Å². The lowest BCUT2D eigenvalue weighted by Gasteiger charge is -2.33. The minimum atomic E-state index is 0.00828. The minimum absolute atomic E-state index is 0.00828. The van der Waals surface area contributed by atoms with E-state index >= 15 is 0 Å². The van der Waals surface area contributed by atoms with Gasteiger partial charge in [-0.05, 0) is 56.5 Å². The largest absolute Gasteiger partial charge is 0.496 e. The molecule has 0 bridgehead atoms. The number of piperidine rings is 1. The number of aromatic nitrogens is 3. The van der Waals surface area contributed by atoms with E-state index in [0.29, 0.717) is 23.8 Å². The molecule has 1 aliphatic heterocycles. The molecule has 1 fully saturated rings. The van der Waals surface area contributed by atoms with Gasteiger partial charge in [0.25, 0.3) is 5.91 Å². The van der Waals surface area contributed by atoms with E-state index in [-0.39, 0.29) is 11.8 Å². The number of carbonyl (C=O) groups excluding carboxylic acids is 1. The summed E-state index contributed by atoms with van der Waals surface area (Å²) in [6.45, 7) is 5.30. The van der Waals surface area contributed by atoms with E-state index in [2.05, 4.69) is 15.3 Å². The van der Waals surface area contributed by atoms with Crippen LogP contribution >= 0.6 is 0 Å². The predicted molar refractivity (Wildman–Crippen MR) is 120 cm³/mol. The van der Waals surface area contributed by atoms with Crippen LogP contribution in [0.5, 0.6) is 5.75 Å². The molecular formula is C24H27N5O2. The van der Waals surface area contributed by atoms with Crippen molar-refractivity contribution in [2.24, 2.45) is 0 Å². The maximum atomic E-state index is 13.3. The second kappa shape index (κ2) is 9.12. The van der Waals surface area contributed by atoms with Gasteiger partial charge in [0.2, 0.25) is 5.95 Å². The standard InChI is InChI=1S/C24H27N5O2/c1-16-7-4-9-20(22(16)31-3)23(30)29-12-5-8-18(15-29)21-14-19(13-17(2)27-21)28-24-25-10-6-11-26-24/h4,6-7,9-11,13-14,18H,5,8,12,15H2,1-3H3,(H,25,26,27,28)/t18-/m0/s1. The minimum Gasteiger partial charge on any atom is -0.496 e. The van der Waals surface area contributed by atoms with Gasteiger partial charge in [-0.1, -0.05) is 12.1 Å². The van der Waals surface area contributed by atoms with Gasteiger partial charge in [0.1, 0.15) is 5.75 Å². The number of anilines is 2. The van der Waals surface area contributed by atoms with Crippen LogP contribution in [0.2, 0.25) is 0 Å². The number of benzene rings is 1. The van der Waals surface area contributed by atoms with Crippen LogP contribution in [0.3, 0.4) is 0 Å². The van der Waals surface area contributed by atoms with Crippen molar-refractivity contribution in [3.8, 4) is 5.75 Å². The summed E-state index contributed by atoms with van der Waals surface area (Å²) < 4.78 is 5.51. The first-order chi connectivity index (χ1) is 15.0. The number of aryl methyl sites for hydroxylation is 2. The van der Waals surface area contributed by atoms with Gasteiger partial charge in [-0.15, -0.1) is 0 Å². The van der Waals surface area contributed by atoms with E-state index in [1.807, 2.05) is 49.1 Å². The number of para-hydroxylation sites is 1. The van der Waals surface area contributed by atoms with Crippen LogP contribution in [0.15, 0.2) is 48.8 Å². The maximum absolute atomic E-state index is 13.3. The van der Waals surface area contributed by atoms with Crippen LogP contribution in [0, 0.1) is 13.8 Å². The monoisotopic (exact) mass is 417 g/mol. The van der Waals surface area contributed by atoms with Crippen molar-refractivity contribution < 1.29 is 9.53 Å². The SMILES string of the molecule is COc1c(C)cccc1C(=O)N1CCC[C@H](c2cc(Nc3ncccn3)cc(C)n2)C1. The first-order valence-electron chi connectivity index (χ1n) is 10.5. The Kier molecular flexibility index (Phi) is 6.11. The fraction of sp³-hybridized carbons (Fsp3) is 0.333. The maximum Gasteiger partial charge on any atom is 0.257 e. The number of amides is 1. The molecular weight excluding hydrogens is 390 g/mol. The molecule has 31 heavy (non-hydrogen) atoms. The van der Waals surface area contributed by atoms with Crippen LogP contribution in [0.4, 0.5) is 11.6 Å². The Labute approximate surface area is 182 Å². The molecule has 0 radical (unpaired) electrons. The van der Waals surface area contributed by atoms with Gasteiger partial charge in [-0.2, -0.15) is 0 Å². The zero-order chi connectivity index (χ0) is 21.8. The van der Waals surface area contributed by atoms with Crippen molar-refractivity contribution in [1.29, 1.82) is 0 Å². The molecule has 1 aromatic carbocycles. The zero-order valence-electron chi connectivity index (χ0n) is 18.1. The summed E-state index contributed by atoms with van der Waals surface area (Å²) in [6, 6.07) is 11.5. The lowest BCUT2D eigenvalue weighted by molar-refractivity contribution is 0.0702. The Balaban J connectivity index is 1.55. The van der Waals surface area contributed by atoms with Gasteiger partial charge in [0, 0.05) is 48.5 Å². The topological polar surface area (TPSA) is 80.2 Å². The summed E-state index contributed by atoms with van der Waals surface area (Å²) in [6.07, 6.45) is 5.33. The fourth-order valence-electron chi connectivity index (χ4n) is 4.13. The van der Waals surface area contributed by atoms with Crippen LogP contribution in [-0.2, 0) is 0 Å². The van der Waals surface area contributed by atoms with Crippen LogP contribution in [0.25, 0.3) is 0 Å². The third kappa shape index (κ3) is 4.66. The predicted octanol–water partition coefficient (Wildman–Crippen LogP) is 4.26. The van der Waals surface area contributed by atoms with Crippen molar-refractivity contribution in [2.45, 2.75) is 32.6 Å². The van der Waals surface area contributed by atoms with E-state index in [9.17, 15) is 4.79 Å². The highest BCUT2D eigenvalue weighted by molar-refractivity contribution is 5.97. The molecule has 3 aromatic rings. The number of nitrogens with one attached hydrogen (secondary N) is 1. The molecule has 0 unspecified atom stereocenters. The quantitative estimate of drug-likeness (QED) is 0.668. The molecule has 7 heteroatoms. The zero-order valence-corrected chi connectivity index (χ0v) is 18.1. The van der Waals surface area contributed by atoms with Gasteiger partial charge >= 0.3 is 0 Å². The Morgan fingerprint density at radius 3 is 2.74 bits per heavy atom. The van der Waals surface area contributed by atoms with E-state index in [1.54, 1.807) is 25.6 Å². The summed E-state index contributed by atoms with van der Waals surface area (Å²) >= 11 is 0. The average Bonchev–Trinajstić information content (AvgIpc) is 2.79. The summed E-state index contributed by atoms with van der Waals surface area (Å²) in [5.74, 6) is 1.38. The lowest BCUT2D eigenvalue weighted by Crippen LogP contribution is -2.39. The van der Waals surface area contributed by atoms with Crippen LogP contribution in [-0.4, -0.2) is 46.0 Å². The number of methoxy groups -OCH3 is 1. The summed E-state index contributed by atoms with van der Waals surface area (Å²) in [4.78, 5) is 28.4. The number of nitrogens with zero attached hydrogens (tertiary/aromatic N) is 4. The van der Waals surface area contributed by atoms with Crippen molar-refractivity contribution >= 4 is 17.5 Å². The molecule has 1 N–H and O–H groups in total. The molecule has 160 valence electrons. The van der Waals surface area contributed by atoms with E-state index < -0.39 is 0 Å². The highest BCUT2D eigenvalue weighted by Gasteiger charge is 2.28. The molecule has 0 saturated carbocycles. The number of hydrogen-bond acceptors (Lipinski definition) is 6. The fourth-order valence-corrected chi connectivity index (χ4v) is 4.13. The van der Waals surface area contributed by atoms with Gasteiger partial charge < -0.3 is 15.0 Å². The Bertz CT molecular complexity index is 1070. The third-order valence-electron chi connectivity index (χ3n) is 5.57. The lowest BCUT2D eigenvalue weighted by atomic mass is 9.93. The van der Waals surface area contributed by atoms with Crippen LogP contribution < -0.4 is 10.1 Å². The molecule has 4 rings (SSSR count).